The molecule has 1 atom stereocenters. The van der Waals surface area contributed by atoms with Crippen LogP contribution in [0.25, 0.3) is 0 Å². The normalized spacial score (nSPS) is 29.5. The molecule has 0 amide bonds. The van der Waals surface area contributed by atoms with E-state index in [4.69, 9.17) is 0 Å². The van der Waals surface area contributed by atoms with E-state index in [1.807, 2.05) is 0 Å². The topological polar surface area (TPSA) is 15.3 Å². The smallest absolute Gasteiger partial charge is 0.0209 e. The van der Waals surface area contributed by atoms with E-state index >= 15 is 0 Å². The van der Waals surface area contributed by atoms with Crippen molar-refractivity contribution in [1.82, 2.24) is 10.2 Å². The number of likely N-dealkylation sites (N-methyl/N-ethyl adjacent to an activating group) is 1. The zero-order chi connectivity index (χ0) is 10.3. The Morgan fingerprint density at radius 3 is 2.08 bits per heavy atom. The third kappa shape index (κ3) is 2.23. The van der Waals surface area contributed by atoms with Crippen LogP contribution in [0, 0.1) is 0 Å². The molecule has 2 heteroatoms. The molecule has 0 unspecified atom stereocenters. The lowest BCUT2D eigenvalue weighted by molar-refractivity contribution is 0.0676. The van der Waals surface area contributed by atoms with Crippen molar-refractivity contribution in [1.29, 1.82) is 0 Å². The molecule has 0 aromatic heterocycles. The van der Waals surface area contributed by atoms with Gasteiger partial charge in [0.05, 0.1) is 0 Å². The van der Waals surface area contributed by atoms with Gasteiger partial charge in [-0.1, -0.05) is 0 Å². The average molecular weight is 184 g/mol. The van der Waals surface area contributed by atoms with E-state index in [2.05, 4.69) is 51.9 Å². The molecule has 1 N–H and O–H groups in total. The second kappa shape index (κ2) is 3.25. The zero-order valence-electron chi connectivity index (χ0n) is 9.94. The summed E-state index contributed by atoms with van der Waals surface area (Å²) >= 11 is 0. The van der Waals surface area contributed by atoms with Crippen LogP contribution in [0.5, 0.6) is 0 Å². The molecule has 1 fully saturated rings. The van der Waals surface area contributed by atoms with Crippen LogP contribution in [0.2, 0.25) is 0 Å². The summed E-state index contributed by atoms with van der Waals surface area (Å²) in [4.78, 5) is 2.60. The van der Waals surface area contributed by atoms with Crippen LogP contribution in [-0.4, -0.2) is 35.6 Å². The largest absolute Gasteiger partial charge is 0.316 e. The number of hydrogen-bond acceptors (Lipinski definition) is 2. The molecule has 1 aliphatic heterocycles. The molecule has 1 saturated heterocycles. The molecule has 0 aromatic carbocycles. The summed E-state index contributed by atoms with van der Waals surface area (Å²) in [5.41, 5.74) is 0.626. The molecule has 2 nitrogen and oxygen atoms in total. The standard InChI is InChI=1S/C11H24N2/c1-10(2,3)13-8-9(12-6)7-11(13,4)5/h9,12H,7-8H2,1-6H3/t9-/m0/s1. The van der Waals surface area contributed by atoms with E-state index in [9.17, 15) is 0 Å². The Balaban J connectivity index is 2.76. The van der Waals surface area contributed by atoms with Gasteiger partial charge < -0.3 is 5.32 Å². The first-order valence-electron chi connectivity index (χ1n) is 5.22. The van der Waals surface area contributed by atoms with E-state index in [1.165, 1.54) is 13.0 Å². The quantitative estimate of drug-likeness (QED) is 0.669. The minimum Gasteiger partial charge on any atom is -0.316 e. The molecular formula is C11H24N2. The molecule has 0 aromatic rings. The number of hydrogen-bond donors (Lipinski definition) is 1. The third-order valence-electron chi connectivity index (χ3n) is 3.10. The van der Waals surface area contributed by atoms with Gasteiger partial charge in [-0.05, 0) is 48.1 Å². The van der Waals surface area contributed by atoms with Gasteiger partial charge in [0, 0.05) is 23.7 Å². The highest BCUT2D eigenvalue weighted by atomic mass is 15.3. The first-order valence-corrected chi connectivity index (χ1v) is 5.22. The van der Waals surface area contributed by atoms with Gasteiger partial charge in [0.1, 0.15) is 0 Å². The minimum absolute atomic E-state index is 0.287. The molecule has 0 bridgehead atoms. The van der Waals surface area contributed by atoms with Crippen LogP contribution in [0.3, 0.4) is 0 Å². The van der Waals surface area contributed by atoms with Gasteiger partial charge in [0.2, 0.25) is 0 Å². The van der Waals surface area contributed by atoms with Gasteiger partial charge in [0.25, 0.3) is 0 Å². The first-order chi connectivity index (χ1) is 5.77. The second-order valence-corrected chi connectivity index (χ2v) is 5.78. The van der Waals surface area contributed by atoms with Crippen molar-refractivity contribution >= 4 is 0 Å². The van der Waals surface area contributed by atoms with Crippen molar-refractivity contribution in [2.75, 3.05) is 13.6 Å². The Morgan fingerprint density at radius 2 is 1.85 bits per heavy atom. The van der Waals surface area contributed by atoms with Gasteiger partial charge in [-0.2, -0.15) is 0 Å². The molecule has 1 rings (SSSR count). The van der Waals surface area contributed by atoms with Crippen molar-refractivity contribution < 1.29 is 0 Å². The van der Waals surface area contributed by atoms with E-state index in [1.54, 1.807) is 0 Å². The molecule has 0 spiro atoms. The van der Waals surface area contributed by atoms with E-state index in [0.717, 1.165) is 0 Å². The van der Waals surface area contributed by atoms with Crippen LogP contribution in [-0.2, 0) is 0 Å². The minimum atomic E-state index is 0.287. The van der Waals surface area contributed by atoms with Crippen LogP contribution in [0.4, 0.5) is 0 Å². The fourth-order valence-corrected chi connectivity index (χ4v) is 2.62. The lowest BCUT2D eigenvalue weighted by Crippen LogP contribution is -2.50. The Morgan fingerprint density at radius 1 is 1.31 bits per heavy atom. The molecule has 13 heavy (non-hydrogen) atoms. The van der Waals surface area contributed by atoms with E-state index in [0.29, 0.717) is 11.6 Å². The van der Waals surface area contributed by atoms with Gasteiger partial charge in [-0.15, -0.1) is 0 Å². The molecule has 1 aliphatic rings. The van der Waals surface area contributed by atoms with Crippen LogP contribution in [0.15, 0.2) is 0 Å². The fourth-order valence-electron chi connectivity index (χ4n) is 2.62. The number of nitrogens with one attached hydrogen (secondary N) is 1. The Bertz CT molecular complexity index is 179. The van der Waals surface area contributed by atoms with Crippen LogP contribution >= 0.6 is 0 Å². The maximum absolute atomic E-state index is 3.38. The Labute approximate surface area is 82.7 Å². The number of likely N-dealkylation sites (tertiary alicyclic amines) is 1. The van der Waals surface area contributed by atoms with Crippen molar-refractivity contribution in [2.24, 2.45) is 0 Å². The predicted molar refractivity (Wildman–Crippen MR) is 58.0 cm³/mol. The highest BCUT2D eigenvalue weighted by Crippen LogP contribution is 2.34. The van der Waals surface area contributed by atoms with Crippen molar-refractivity contribution in [3.63, 3.8) is 0 Å². The summed E-state index contributed by atoms with van der Waals surface area (Å²) in [5.74, 6) is 0. The Hall–Kier alpha value is -0.0800. The number of rotatable bonds is 1. The summed E-state index contributed by atoms with van der Waals surface area (Å²) in [6.45, 7) is 12.8. The SMILES string of the molecule is CN[C@@H]1CN(C(C)(C)C)C(C)(C)C1. The van der Waals surface area contributed by atoms with Crippen LogP contribution < -0.4 is 5.32 Å². The summed E-state index contributed by atoms with van der Waals surface area (Å²) < 4.78 is 0. The first kappa shape index (κ1) is 11.0. The summed E-state index contributed by atoms with van der Waals surface area (Å²) in [7, 11) is 2.06. The maximum Gasteiger partial charge on any atom is 0.0209 e. The molecule has 0 radical (unpaired) electrons. The highest BCUT2D eigenvalue weighted by Gasteiger charge is 2.42. The van der Waals surface area contributed by atoms with Crippen molar-refractivity contribution in [3.8, 4) is 0 Å². The van der Waals surface area contributed by atoms with Gasteiger partial charge in [-0.3, -0.25) is 4.90 Å². The second-order valence-electron chi connectivity index (χ2n) is 5.78. The van der Waals surface area contributed by atoms with Gasteiger partial charge >= 0.3 is 0 Å². The van der Waals surface area contributed by atoms with Crippen LogP contribution in [0.1, 0.15) is 41.0 Å². The van der Waals surface area contributed by atoms with Gasteiger partial charge in [0.15, 0.2) is 0 Å². The maximum atomic E-state index is 3.38. The molecule has 0 aliphatic carbocycles. The molecule has 78 valence electrons. The zero-order valence-corrected chi connectivity index (χ0v) is 9.94. The van der Waals surface area contributed by atoms with Crippen molar-refractivity contribution in [3.05, 3.63) is 0 Å². The third-order valence-corrected chi connectivity index (χ3v) is 3.10. The van der Waals surface area contributed by atoms with E-state index in [-0.39, 0.29) is 5.54 Å². The molecule has 1 heterocycles. The Kier molecular flexibility index (Phi) is 2.75. The summed E-state index contributed by atoms with van der Waals surface area (Å²) in [6.07, 6.45) is 1.25. The lowest BCUT2D eigenvalue weighted by atomic mass is 9.95. The lowest BCUT2D eigenvalue weighted by Gasteiger charge is -2.42. The summed E-state index contributed by atoms with van der Waals surface area (Å²) in [5, 5.41) is 3.38. The molecular weight excluding hydrogens is 160 g/mol. The predicted octanol–water partition coefficient (Wildman–Crippen LogP) is 1.86. The average Bonchev–Trinajstić information content (AvgIpc) is 2.24. The fraction of sp³-hybridized carbons (Fsp3) is 1.00. The van der Waals surface area contributed by atoms with E-state index < -0.39 is 0 Å². The molecule has 0 saturated carbocycles. The van der Waals surface area contributed by atoms with Crippen molar-refractivity contribution in [2.45, 2.75) is 58.2 Å². The number of nitrogens with zero attached hydrogens (tertiary/aromatic N) is 1. The highest BCUT2D eigenvalue weighted by molar-refractivity contribution is 5.00. The monoisotopic (exact) mass is 184 g/mol. The van der Waals surface area contributed by atoms with Gasteiger partial charge in [-0.25, -0.2) is 0 Å². The summed E-state index contributed by atoms with van der Waals surface area (Å²) in [6, 6.07) is 0.661.